The number of rotatable bonds is 5. The average molecular weight is 252 g/mol. The van der Waals surface area contributed by atoms with Crippen molar-refractivity contribution in [1.82, 2.24) is 0 Å². The van der Waals surface area contributed by atoms with Gasteiger partial charge in [-0.05, 0) is 48.8 Å². The molecule has 1 atom stereocenters. The number of benzene rings is 1. The number of hydrogen-bond donors (Lipinski definition) is 1. The second-order valence-corrected chi connectivity index (χ2v) is 4.89. The Kier molecular flexibility index (Phi) is 3.55. The molecule has 1 unspecified atom stereocenters. The van der Waals surface area contributed by atoms with Crippen molar-refractivity contribution in [2.75, 3.05) is 7.11 Å². The minimum Gasteiger partial charge on any atom is -0.493 e. The van der Waals surface area contributed by atoms with E-state index in [0.717, 1.165) is 18.4 Å². The molecule has 3 nitrogen and oxygen atoms in total. The Labute approximate surface area is 106 Å². The van der Waals surface area contributed by atoms with Crippen LogP contribution in [-0.2, 0) is 4.79 Å². The zero-order valence-electron chi connectivity index (χ0n) is 10.6. The van der Waals surface area contributed by atoms with Crippen LogP contribution in [0.4, 0.5) is 4.39 Å². The minimum atomic E-state index is -0.833. The fraction of sp³-hybridized carbons (Fsp3) is 0.500. The third-order valence-electron chi connectivity index (χ3n) is 3.47. The Balaban J connectivity index is 2.33. The predicted octanol–water partition coefficient (Wildman–Crippen LogP) is 3.11. The van der Waals surface area contributed by atoms with Crippen molar-refractivity contribution >= 4 is 5.97 Å². The van der Waals surface area contributed by atoms with E-state index in [1.807, 2.05) is 6.07 Å². The van der Waals surface area contributed by atoms with E-state index in [-0.39, 0.29) is 18.1 Å². The van der Waals surface area contributed by atoms with Crippen LogP contribution in [0.15, 0.2) is 12.1 Å². The van der Waals surface area contributed by atoms with Gasteiger partial charge in [-0.15, -0.1) is 0 Å². The molecule has 1 N–H and O–H groups in total. The Bertz CT molecular complexity index is 443. The van der Waals surface area contributed by atoms with Crippen LogP contribution in [0.3, 0.4) is 0 Å². The van der Waals surface area contributed by atoms with E-state index < -0.39 is 11.8 Å². The van der Waals surface area contributed by atoms with Gasteiger partial charge in [0, 0.05) is 0 Å². The van der Waals surface area contributed by atoms with Crippen molar-refractivity contribution in [3.05, 3.63) is 29.1 Å². The Hall–Kier alpha value is -1.58. The number of ether oxygens (including phenoxy) is 1. The highest BCUT2D eigenvalue weighted by Crippen LogP contribution is 2.45. The molecule has 1 saturated carbocycles. The zero-order chi connectivity index (χ0) is 13.3. The lowest BCUT2D eigenvalue weighted by molar-refractivity contribution is -0.137. The second kappa shape index (κ2) is 4.96. The molecule has 18 heavy (non-hydrogen) atoms. The van der Waals surface area contributed by atoms with Crippen molar-refractivity contribution in [1.29, 1.82) is 0 Å². The quantitative estimate of drug-likeness (QED) is 0.875. The molecule has 2 rings (SSSR count). The highest BCUT2D eigenvalue weighted by atomic mass is 19.1. The number of methoxy groups -OCH3 is 1. The van der Waals surface area contributed by atoms with Gasteiger partial charge in [-0.2, -0.15) is 0 Å². The van der Waals surface area contributed by atoms with E-state index in [0.29, 0.717) is 11.5 Å². The summed E-state index contributed by atoms with van der Waals surface area (Å²) in [5.41, 5.74) is 1.49. The van der Waals surface area contributed by atoms with Gasteiger partial charge in [-0.1, -0.05) is 6.07 Å². The molecule has 0 radical (unpaired) electrons. The largest absolute Gasteiger partial charge is 0.493 e. The van der Waals surface area contributed by atoms with Crippen molar-refractivity contribution in [2.24, 2.45) is 5.92 Å². The molecule has 0 heterocycles. The number of carboxylic acid groups (broad SMARTS) is 1. The van der Waals surface area contributed by atoms with Crippen LogP contribution in [0.2, 0.25) is 0 Å². The van der Waals surface area contributed by atoms with Crippen LogP contribution in [0, 0.1) is 18.7 Å². The molecule has 1 aromatic carbocycles. The average Bonchev–Trinajstić information content (AvgIpc) is 3.09. The maximum Gasteiger partial charge on any atom is 0.303 e. The number of carboxylic acids is 1. The normalized spacial score (nSPS) is 16.4. The summed E-state index contributed by atoms with van der Waals surface area (Å²) in [6, 6.07) is 3.26. The first-order valence-corrected chi connectivity index (χ1v) is 6.08. The number of hydrogen-bond acceptors (Lipinski definition) is 2. The minimum absolute atomic E-state index is 0.0654. The zero-order valence-corrected chi connectivity index (χ0v) is 10.6. The SMILES string of the molecule is COc1c(C)cc(C(CC(=O)O)C2CC2)cc1F. The molecule has 0 aliphatic heterocycles. The van der Waals surface area contributed by atoms with E-state index >= 15 is 0 Å². The third kappa shape index (κ3) is 2.63. The molecule has 0 amide bonds. The van der Waals surface area contributed by atoms with E-state index in [2.05, 4.69) is 0 Å². The fourth-order valence-electron chi connectivity index (χ4n) is 2.47. The number of aliphatic carboxylic acids is 1. The molecular weight excluding hydrogens is 235 g/mol. The van der Waals surface area contributed by atoms with Crippen LogP contribution in [0.5, 0.6) is 5.75 Å². The lowest BCUT2D eigenvalue weighted by Crippen LogP contribution is -2.09. The summed E-state index contributed by atoms with van der Waals surface area (Å²) < 4.78 is 18.8. The van der Waals surface area contributed by atoms with Gasteiger partial charge in [0.05, 0.1) is 13.5 Å². The topological polar surface area (TPSA) is 46.5 Å². The van der Waals surface area contributed by atoms with E-state index in [1.165, 1.54) is 13.2 Å². The van der Waals surface area contributed by atoms with Crippen LogP contribution < -0.4 is 4.74 Å². The summed E-state index contributed by atoms with van der Waals surface area (Å²) in [5.74, 6) is -0.706. The maximum absolute atomic E-state index is 13.8. The molecular formula is C14H17FO3. The Morgan fingerprint density at radius 1 is 1.56 bits per heavy atom. The van der Waals surface area contributed by atoms with E-state index in [4.69, 9.17) is 9.84 Å². The Morgan fingerprint density at radius 2 is 2.22 bits per heavy atom. The van der Waals surface area contributed by atoms with Crippen molar-refractivity contribution in [3.8, 4) is 5.75 Å². The standard InChI is InChI=1S/C14H17FO3/c1-8-5-10(6-12(15)14(8)18-2)11(7-13(16)17)9-3-4-9/h5-6,9,11H,3-4,7H2,1-2H3,(H,16,17). The van der Waals surface area contributed by atoms with Gasteiger partial charge in [0.2, 0.25) is 0 Å². The first-order valence-electron chi connectivity index (χ1n) is 6.08. The molecule has 1 aliphatic carbocycles. The summed E-state index contributed by atoms with van der Waals surface area (Å²) in [7, 11) is 1.43. The first kappa shape index (κ1) is 12.9. The third-order valence-corrected chi connectivity index (χ3v) is 3.47. The molecule has 4 heteroatoms. The van der Waals surface area contributed by atoms with E-state index in [1.54, 1.807) is 6.92 Å². The smallest absolute Gasteiger partial charge is 0.303 e. The summed E-state index contributed by atoms with van der Waals surface area (Å²) >= 11 is 0. The second-order valence-electron chi connectivity index (χ2n) is 4.89. The van der Waals surface area contributed by atoms with Gasteiger partial charge in [-0.25, -0.2) is 4.39 Å². The molecule has 0 saturated heterocycles. The summed E-state index contributed by atoms with van der Waals surface area (Å²) in [6.45, 7) is 1.77. The van der Waals surface area contributed by atoms with Gasteiger partial charge < -0.3 is 9.84 Å². The summed E-state index contributed by atoms with van der Waals surface area (Å²) in [6.07, 6.45) is 2.13. The van der Waals surface area contributed by atoms with Gasteiger partial charge in [0.25, 0.3) is 0 Å². The molecule has 1 aliphatic rings. The van der Waals surface area contributed by atoms with Gasteiger partial charge >= 0.3 is 5.97 Å². The fourth-order valence-corrected chi connectivity index (χ4v) is 2.47. The number of aryl methyl sites for hydroxylation is 1. The summed E-state index contributed by atoms with van der Waals surface area (Å²) in [4.78, 5) is 10.9. The number of carbonyl (C=O) groups is 1. The lowest BCUT2D eigenvalue weighted by atomic mass is 9.90. The molecule has 98 valence electrons. The van der Waals surface area contributed by atoms with Gasteiger partial charge in [0.1, 0.15) is 0 Å². The molecule has 0 aromatic heterocycles. The maximum atomic E-state index is 13.8. The van der Waals surface area contributed by atoms with Crippen molar-refractivity contribution in [2.45, 2.75) is 32.1 Å². The van der Waals surface area contributed by atoms with Crippen molar-refractivity contribution in [3.63, 3.8) is 0 Å². The van der Waals surface area contributed by atoms with Gasteiger partial charge in [0.15, 0.2) is 11.6 Å². The molecule has 1 aromatic rings. The monoisotopic (exact) mass is 252 g/mol. The lowest BCUT2D eigenvalue weighted by Gasteiger charge is -2.17. The highest BCUT2D eigenvalue weighted by Gasteiger charge is 2.34. The van der Waals surface area contributed by atoms with Crippen LogP contribution in [0.1, 0.15) is 36.3 Å². The number of halogens is 1. The predicted molar refractivity (Wildman–Crippen MR) is 65.4 cm³/mol. The van der Waals surface area contributed by atoms with Crippen LogP contribution >= 0.6 is 0 Å². The molecule has 1 fully saturated rings. The van der Waals surface area contributed by atoms with Crippen LogP contribution in [0.25, 0.3) is 0 Å². The molecule has 0 spiro atoms. The van der Waals surface area contributed by atoms with Crippen molar-refractivity contribution < 1.29 is 19.0 Å². The summed E-state index contributed by atoms with van der Waals surface area (Å²) in [5, 5.41) is 8.94. The highest BCUT2D eigenvalue weighted by molar-refractivity contribution is 5.68. The van der Waals surface area contributed by atoms with Gasteiger partial charge in [-0.3, -0.25) is 4.79 Å². The van der Waals surface area contributed by atoms with Crippen LogP contribution in [-0.4, -0.2) is 18.2 Å². The molecule has 0 bridgehead atoms. The Morgan fingerprint density at radius 3 is 2.67 bits per heavy atom. The van der Waals surface area contributed by atoms with E-state index in [9.17, 15) is 9.18 Å². The first-order chi connectivity index (χ1) is 8.52.